The molecule has 0 heterocycles. The number of fused-ring (bicyclic) bond motifs is 1. The predicted octanol–water partition coefficient (Wildman–Crippen LogP) is 3.72. The summed E-state index contributed by atoms with van der Waals surface area (Å²) in [6, 6.07) is 16.8. The highest BCUT2D eigenvalue weighted by molar-refractivity contribution is 5.84. The van der Waals surface area contributed by atoms with Crippen LogP contribution in [-0.2, 0) is 22.4 Å². The molecule has 4 N–H and O–H groups in total. The third kappa shape index (κ3) is 5.54. The Bertz CT molecular complexity index is 815. The number of aryl methyl sites for hydroxylation is 2. The Labute approximate surface area is 167 Å². The zero-order valence-corrected chi connectivity index (χ0v) is 16.4. The number of esters is 1. The molecule has 4 nitrogen and oxygen atoms in total. The van der Waals surface area contributed by atoms with Crippen molar-refractivity contribution in [3.63, 3.8) is 0 Å². The largest absolute Gasteiger partial charge is 0.464 e. The van der Waals surface area contributed by atoms with Gasteiger partial charge in [0, 0.05) is 6.54 Å². The van der Waals surface area contributed by atoms with Crippen LogP contribution in [0, 0.1) is 0 Å². The fraction of sp³-hybridized carbons (Fsp3) is 0.375. The van der Waals surface area contributed by atoms with Gasteiger partial charge in [-0.2, -0.15) is 0 Å². The van der Waals surface area contributed by atoms with Crippen LogP contribution >= 0.6 is 0 Å². The van der Waals surface area contributed by atoms with Gasteiger partial charge in [-0.3, -0.25) is 4.79 Å². The molecule has 148 valence electrons. The molecule has 0 spiro atoms. The van der Waals surface area contributed by atoms with E-state index in [1.165, 1.54) is 27.8 Å². The van der Waals surface area contributed by atoms with Crippen LogP contribution in [-0.4, -0.2) is 25.2 Å². The number of hydrogen-bond donors (Lipinski definition) is 2. The van der Waals surface area contributed by atoms with E-state index < -0.39 is 12.0 Å². The van der Waals surface area contributed by atoms with E-state index in [1.807, 2.05) is 0 Å². The number of unbranched alkanes of at least 4 members (excludes halogenated alkanes) is 2. The zero-order valence-electron chi connectivity index (χ0n) is 16.4. The lowest BCUT2D eigenvalue weighted by atomic mass is 9.87. The highest BCUT2D eigenvalue weighted by atomic mass is 16.5. The molecule has 0 aromatic heterocycles. The van der Waals surface area contributed by atoms with E-state index in [9.17, 15) is 4.79 Å². The summed E-state index contributed by atoms with van der Waals surface area (Å²) in [5, 5.41) is 0. The van der Waals surface area contributed by atoms with Gasteiger partial charge in [-0.25, -0.2) is 0 Å². The third-order valence-corrected chi connectivity index (χ3v) is 5.26. The molecule has 3 rings (SSSR count). The van der Waals surface area contributed by atoms with E-state index in [1.54, 1.807) is 0 Å². The minimum Gasteiger partial charge on any atom is -0.464 e. The van der Waals surface area contributed by atoms with Crippen molar-refractivity contribution in [1.29, 1.82) is 0 Å². The maximum absolute atomic E-state index is 11.4. The van der Waals surface area contributed by atoms with Crippen molar-refractivity contribution >= 4 is 17.6 Å². The van der Waals surface area contributed by atoms with Gasteiger partial charge in [-0.15, -0.1) is 0 Å². The lowest BCUT2D eigenvalue weighted by molar-refractivity contribution is -0.145. The second kappa shape index (κ2) is 10.2. The number of ether oxygens (including phenoxy) is 1. The van der Waals surface area contributed by atoms with Crippen LogP contribution in [0.3, 0.4) is 0 Å². The highest BCUT2D eigenvalue weighted by Crippen LogP contribution is 2.31. The molecule has 0 radical (unpaired) electrons. The molecule has 28 heavy (non-hydrogen) atoms. The van der Waals surface area contributed by atoms with Crippen molar-refractivity contribution in [3.05, 3.63) is 70.8 Å². The summed E-state index contributed by atoms with van der Waals surface area (Å²) in [7, 11) is 0. The van der Waals surface area contributed by atoms with Crippen LogP contribution in [0.1, 0.15) is 47.9 Å². The molecule has 4 heteroatoms. The summed E-state index contributed by atoms with van der Waals surface area (Å²) >= 11 is 0. The lowest BCUT2D eigenvalue weighted by Gasteiger charge is -2.18. The topological polar surface area (TPSA) is 78.3 Å². The van der Waals surface area contributed by atoms with Gasteiger partial charge in [0.2, 0.25) is 0 Å². The molecule has 2 aromatic rings. The minimum atomic E-state index is -0.702. The van der Waals surface area contributed by atoms with Gasteiger partial charge >= 0.3 is 5.97 Å². The smallest absolute Gasteiger partial charge is 0.324 e. The molecule has 1 aliphatic carbocycles. The second-order valence-electron chi connectivity index (χ2n) is 7.39. The zero-order chi connectivity index (χ0) is 19.8. The molecule has 0 saturated heterocycles. The minimum absolute atomic E-state index is 0.124. The van der Waals surface area contributed by atoms with Gasteiger partial charge in [0.15, 0.2) is 0 Å². The van der Waals surface area contributed by atoms with E-state index in [0.29, 0.717) is 6.61 Å². The highest BCUT2D eigenvalue weighted by Gasteiger charge is 2.13. The summed E-state index contributed by atoms with van der Waals surface area (Å²) in [5.41, 5.74) is 17.8. The van der Waals surface area contributed by atoms with Crippen molar-refractivity contribution in [1.82, 2.24) is 0 Å². The van der Waals surface area contributed by atoms with E-state index in [-0.39, 0.29) is 6.54 Å². The molecule has 1 unspecified atom stereocenters. The monoisotopic (exact) mass is 378 g/mol. The van der Waals surface area contributed by atoms with Crippen molar-refractivity contribution in [2.24, 2.45) is 11.5 Å². The standard InChI is InChI=1S/C24H30N2O2/c25-17-23(26)24(27)28-14-6-2-3-7-18-10-11-22-16-21(13-12-20(22)15-18)19-8-4-1-5-9-19/h1,4-5,8-11,15-16,23H,2-3,6-7,12-14,17,25-26H2. The van der Waals surface area contributed by atoms with Crippen LogP contribution in [0.4, 0.5) is 0 Å². The number of carbonyl (C=O) groups is 1. The van der Waals surface area contributed by atoms with Crippen LogP contribution in [0.5, 0.6) is 0 Å². The lowest BCUT2D eigenvalue weighted by Crippen LogP contribution is -2.39. The quantitative estimate of drug-likeness (QED) is 0.515. The van der Waals surface area contributed by atoms with Crippen LogP contribution < -0.4 is 11.5 Å². The number of rotatable bonds is 9. The Hall–Kier alpha value is -2.43. The number of nitrogens with two attached hydrogens (primary N) is 2. The summed E-state index contributed by atoms with van der Waals surface area (Å²) in [6.07, 6.45) is 8.55. The summed E-state index contributed by atoms with van der Waals surface area (Å²) in [5.74, 6) is -0.403. The van der Waals surface area contributed by atoms with Crippen molar-refractivity contribution < 1.29 is 9.53 Å². The maximum atomic E-state index is 11.4. The first kappa shape index (κ1) is 20.3. The molecule has 0 aliphatic heterocycles. The Morgan fingerprint density at radius 3 is 2.64 bits per heavy atom. The average Bonchev–Trinajstić information content (AvgIpc) is 2.75. The Morgan fingerprint density at radius 2 is 1.86 bits per heavy atom. The molecule has 1 atom stereocenters. The molecular weight excluding hydrogens is 348 g/mol. The molecule has 0 saturated carbocycles. The van der Waals surface area contributed by atoms with Crippen LogP contribution in [0.25, 0.3) is 11.6 Å². The van der Waals surface area contributed by atoms with Crippen LogP contribution in [0.15, 0.2) is 48.5 Å². The van der Waals surface area contributed by atoms with Gasteiger partial charge in [0.1, 0.15) is 6.04 Å². The third-order valence-electron chi connectivity index (χ3n) is 5.26. The number of benzene rings is 2. The van der Waals surface area contributed by atoms with Crippen molar-refractivity contribution in [2.45, 2.75) is 44.6 Å². The average molecular weight is 379 g/mol. The fourth-order valence-electron chi connectivity index (χ4n) is 3.57. The molecule has 0 fully saturated rings. The van der Waals surface area contributed by atoms with E-state index in [4.69, 9.17) is 16.2 Å². The first-order chi connectivity index (χ1) is 13.7. The van der Waals surface area contributed by atoms with Gasteiger partial charge < -0.3 is 16.2 Å². The number of allylic oxidation sites excluding steroid dienone is 1. The van der Waals surface area contributed by atoms with Crippen molar-refractivity contribution in [2.75, 3.05) is 13.2 Å². The summed E-state index contributed by atoms with van der Waals surface area (Å²) in [4.78, 5) is 11.4. The van der Waals surface area contributed by atoms with Crippen LogP contribution in [0.2, 0.25) is 0 Å². The predicted molar refractivity (Wildman–Crippen MR) is 115 cm³/mol. The molecule has 2 aromatic carbocycles. The maximum Gasteiger partial charge on any atom is 0.324 e. The fourth-order valence-corrected chi connectivity index (χ4v) is 3.57. The SMILES string of the molecule is NCC(N)C(=O)OCCCCCc1ccc2c(c1)CCC(c1ccccc1)=C2. The first-order valence-corrected chi connectivity index (χ1v) is 10.2. The van der Waals surface area contributed by atoms with E-state index in [0.717, 1.165) is 38.5 Å². The Balaban J connectivity index is 1.45. The number of hydrogen-bond acceptors (Lipinski definition) is 4. The van der Waals surface area contributed by atoms with Gasteiger partial charge in [-0.05, 0) is 66.4 Å². The molecule has 0 bridgehead atoms. The molecular formula is C24H30N2O2. The normalized spacial score (nSPS) is 14.1. The Kier molecular flexibility index (Phi) is 7.40. The van der Waals surface area contributed by atoms with E-state index in [2.05, 4.69) is 54.6 Å². The van der Waals surface area contributed by atoms with Gasteiger partial charge in [-0.1, -0.05) is 54.6 Å². The second-order valence-corrected chi connectivity index (χ2v) is 7.39. The summed E-state index contributed by atoms with van der Waals surface area (Å²) in [6.45, 7) is 0.545. The van der Waals surface area contributed by atoms with Crippen molar-refractivity contribution in [3.8, 4) is 0 Å². The van der Waals surface area contributed by atoms with Gasteiger partial charge in [0.25, 0.3) is 0 Å². The molecule has 1 aliphatic rings. The van der Waals surface area contributed by atoms with Gasteiger partial charge in [0.05, 0.1) is 6.61 Å². The Morgan fingerprint density at radius 1 is 1.04 bits per heavy atom. The summed E-state index contributed by atoms with van der Waals surface area (Å²) < 4.78 is 5.12. The molecule has 0 amide bonds. The number of carbonyl (C=O) groups excluding carboxylic acids is 1. The first-order valence-electron chi connectivity index (χ1n) is 10.2. The van der Waals surface area contributed by atoms with E-state index >= 15 is 0 Å².